The maximum Gasteiger partial charge on any atom is 0.191 e. The minimum atomic E-state index is -0.184. The largest absolute Gasteiger partial charge is 0.383 e. The van der Waals surface area contributed by atoms with Crippen LogP contribution in [0, 0.1) is 0 Å². The lowest BCUT2D eigenvalue weighted by Crippen LogP contribution is -2.31. The van der Waals surface area contributed by atoms with Gasteiger partial charge < -0.3 is 10.5 Å². The molecule has 6 heteroatoms. The smallest absolute Gasteiger partial charge is 0.191 e. The first kappa shape index (κ1) is 14.1. The van der Waals surface area contributed by atoms with E-state index in [0.717, 1.165) is 21.8 Å². The van der Waals surface area contributed by atoms with Crippen LogP contribution in [0.5, 0.6) is 0 Å². The van der Waals surface area contributed by atoms with E-state index in [2.05, 4.69) is 37.7 Å². The molecule has 108 valence electrons. The monoisotopic (exact) mass is 309 g/mol. The normalized spacial score (nSPS) is 24.3. The number of nitrogens with two attached hydrogens (primary N) is 1. The first-order valence-electron chi connectivity index (χ1n) is 6.64. The summed E-state index contributed by atoms with van der Waals surface area (Å²) in [6.07, 6.45) is 0.983. The standard InChI is InChI=1S/C14H19N3OS2/c1-13(2)7-9(14(3,4)18-13)20-12-16-10(15)8-5-6-19-11(8)17-12/h5-6,9H,7H2,1-4H3,(H2,15,16,17). The van der Waals surface area contributed by atoms with Crippen LogP contribution in [0.1, 0.15) is 34.1 Å². The van der Waals surface area contributed by atoms with Gasteiger partial charge in [-0.3, -0.25) is 0 Å². The minimum Gasteiger partial charge on any atom is -0.383 e. The molecule has 1 fully saturated rings. The Bertz CT molecular complexity index is 651. The van der Waals surface area contributed by atoms with Crippen molar-refractivity contribution in [1.29, 1.82) is 0 Å². The van der Waals surface area contributed by atoms with Crippen LogP contribution in [0.4, 0.5) is 5.82 Å². The Morgan fingerprint density at radius 2 is 2.10 bits per heavy atom. The molecule has 1 saturated heterocycles. The van der Waals surface area contributed by atoms with Crippen LogP contribution in [0.25, 0.3) is 10.2 Å². The first-order valence-corrected chi connectivity index (χ1v) is 8.40. The van der Waals surface area contributed by atoms with Crippen LogP contribution in [0.3, 0.4) is 0 Å². The second-order valence-electron chi connectivity index (χ2n) is 6.31. The van der Waals surface area contributed by atoms with Crippen molar-refractivity contribution in [3.63, 3.8) is 0 Å². The van der Waals surface area contributed by atoms with E-state index < -0.39 is 0 Å². The molecule has 0 aromatic carbocycles. The Labute approximate surface area is 127 Å². The van der Waals surface area contributed by atoms with Gasteiger partial charge in [-0.05, 0) is 45.6 Å². The van der Waals surface area contributed by atoms with Gasteiger partial charge in [0.1, 0.15) is 10.6 Å². The van der Waals surface area contributed by atoms with E-state index >= 15 is 0 Å². The van der Waals surface area contributed by atoms with Crippen molar-refractivity contribution in [3.8, 4) is 0 Å². The highest BCUT2D eigenvalue weighted by Crippen LogP contribution is 2.45. The Balaban J connectivity index is 1.89. The Kier molecular flexibility index (Phi) is 3.23. The Morgan fingerprint density at radius 3 is 2.75 bits per heavy atom. The number of aromatic nitrogens is 2. The highest BCUT2D eigenvalue weighted by molar-refractivity contribution is 7.99. The number of rotatable bonds is 2. The average molecular weight is 309 g/mol. The van der Waals surface area contributed by atoms with Gasteiger partial charge in [-0.2, -0.15) is 0 Å². The van der Waals surface area contributed by atoms with Crippen molar-refractivity contribution in [1.82, 2.24) is 9.97 Å². The van der Waals surface area contributed by atoms with Crippen LogP contribution < -0.4 is 5.73 Å². The molecule has 0 bridgehead atoms. The summed E-state index contributed by atoms with van der Waals surface area (Å²) in [5.41, 5.74) is 5.73. The topological polar surface area (TPSA) is 61.0 Å². The van der Waals surface area contributed by atoms with Gasteiger partial charge in [0.15, 0.2) is 5.16 Å². The van der Waals surface area contributed by atoms with E-state index in [1.807, 2.05) is 11.4 Å². The number of thioether (sulfide) groups is 1. The van der Waals surface area contributed by atoms with Crippen LogP contribution in [0.2, 0.25) is 0 Å². The molecular weight excluding hydrogens is 290 g/mol. The van der Waals surface area contributed by atoms with Gasteiger partial charge in [0.25, 0.3) is 0 Å². The molecule has 0 radical (unpaired) electrons. The second kappa shape index (κ2) is 4.58. The van der Waals surface area contributed by atoms with Gasteiger partial charge in [0.2, 0.25) is 0 Å². The third-order valence-electron chi connectivity index (χ3n) is 3.57. The van der Waals surface area contributed by atoms with Crippen molar-refractivity contribution >= 4 is 39.1 Å². The number of nitrogen functional groups attached to an aromatic ring is 1. The molecule has 0 amide bonds. The molecular formula is C14H19N3OS2. The van der Waals surface area contributed by atoms with Crippen LogP contribution >= 0.6 is 23.1 Å². The summed E-state index contributed by atoms with van der Waals surface area (Å²) in [7, 11) is 0. The predicted octanol–water partition coefficient (Wildman–Crippen LogP) is 3.71. The third-order valence-corrected chi connectivity index (χ3v) is 5.79. The van der Waals surface area contributed by atoms with Crippen molar-refractivity contribution in [2.75, 3.05) is 5.73 Å². The zero-order valence-corrected chi connectivity index (χ0v) is 13.8. The summed E-state index contributed by atoms with van der Waals surface area (Å²) in [5.74, 6) is 0.565. The van der Waals surface area contributed by atoms with Crippen molar-refractivity contribution < 1.29 is 4.74 Å². The Morgan fingerprint density at radius 1 is 1.35 bits per heavy atom. The van der Waals surface area contributed by atoms with E-state index in [-0.39, 0.29) is 11.2 Å². The highest BCUT2D eigenvalue weighted by Gasteiger charge is 2.46. The Hall–Kier alpha value is -0.850. The third kappa shape index (κ3) is 2.52. The molecule has 0 saturated carbocycles. The molecule has 0 aliphatic carbocycles. The first-order chi connectivity index (χ1) is 9.27. The summed E-state index contributed by atoms with van der Waals surface area (Å²) in [4.78, 5) is 9.99. The molecule has 0 spiro atoms. The lowest BCUT2D eigenvalue weighted by atomic mass is 10.0. The van der Waals surface area contributed by atoms with Crippen molar-refractivity contribution in [2.45, 2.75) is 55.7 Å². The molecule has 4 nitrogen and oxygen atoms in total. The quantitative estimate of drug-likeness (QED) is 0.857. The molecule has 2 aromatic rings. The summed E-state index contributed by atoms with van der Waals surface area (Å²) < 4.78 is 6.12. The van der Waals surface area contributed by atoms with Crippen LogP contribution in [-0.4, -0.2) is 26.4 Å². The molecule has 1 aliphatic rings. The summed E-state index contributed by atoms with van der Waals surface area (Å²) >= 11 is 3.27. The highest BCUT2D eigenvalue weighted by atomic mass is 32.2. The predicted molar refractivity (Wildman–Crippen MR) is 85.3 cm³/mol. The maximum atomic E-state index is 6.12. The zero-order valence-electron chi connectivity index (χ0n) is 12.1. The molecule has 1 aliphatic heterocycles. The van der Waals surface area contributed by atoms with E-state index in [1.165, 1.54) is 0 Å². The molecule has 20 heavy (non-hydrogen) atoms. The van der Waals surface area contributed by atoms with Crippen molar-refractivity contribution in [3.05, 3.63) is 11.4 Å². The number of fused-ring (bicyclic) bond motifs is 1. The van der Waals surface area contributed by atoms with E-state index in [4.69, 9.17) is 10.5 Å². The number of ether oxygens (including phenoxy) is 1. The lowest BCUT2D eigenvalue weighted by molar-refractivity contribution is -0.0631. The fourth-order valence-electron chi connectivity index (χ4n) is 2.73. The maximum absolute atomic E-state index is 6.12. The molecule has 1 unspecified atom stereocenters. The second-order valence-corrected chi connectivity index (χ2v) is 8.37. The fraction of sp³-hybridized carbons (Fsp3) is 0.571. The molecule has 2 aromatic heterocycles. The van der Waals surface area contributed by atoms with Gasteiger partial charge in [-0.1, -0.05) is 11.8 Å². The molecule has 2 N–H and O–H groups in total. The van der Waals surface area contributed by atoms with E-state index in [1.54, 1.807) is 23.1 Å². The van der Waals surface area contributed by atoms with E-state index in [9.17, 15) is 0 Å². The summed E-state index contributed by atoms with van der Waals surface area (Å²) in [5, 5.41) is 4.02. The van der Waals surface area contributed by atoms with E-state index in [0.29, 0.717) is 11.1 Å². The number of hydrogen-bond acceptors (Lipinski definition) is 6. The lowest BCUT2D eigenvalue weighted by Gasteiger charge is -2.26. The van der Waals surface area contributed by atoms with Gasteiger partial charge in [0, 0.05) is 5.25 Å². The van der Waals surface area contributed by atoms with Gasteiger partial charge in [-0.25, -0.2) is 9.97 Å². The number of anilines is 1. The van der Waals surface area contributed by atoms with Gasteiger partial charge in [0.05, 0.1) is 16.6 Å². The summed E-state index contributed by atoms with van der Waals surface area (Å²) in [6, 6.07) is 1.97. The number of hydrogen-bond donors (Lipinski definition) is 1. The SMILES string of the molecule is CC1(C)CC(Sc2nc(N)c3ccsc3n2)C(C)(C)O1. The minimum absolute atomic E-state index is 0.0975. The molecule has 3 heterocycles. The van der Waals surface area contributed by atoms with Crippen LogP contribution in [-0.2, 0) is 4.74 Å². The van der Waals surface area contributed by atoms with Crippen molar-refractivity contribution in [2.24, 2.45) is 0 Å². The van der Waals surface area contributed by atoms with Gasteiger partial charge >= 0.3 is 0 Å². The molecule has 3 rings (SSSR count). The zero-order chi connectivity index (χ0) is 14.5. The van der Waals surface area contributed by atoms with Crippen LogP contribution in [0.15, 0.2) is 16.6 Å². The number of nitrogens with zero attached hydrogens (tertiary/aromatic N) is 2. The van der Waals surface area contributed by atoms with Gasteiger partial charge in [-0.15, -0.1) is 11.3 Å². The fourth-order valence-corrected chi connectivity index (χ4v) is 4.93. The molecule has 1 atom stereocenters. The average Bonchev–Trinajstić information content (AvgIpc) is 2.81. The summed E-state index contributed by atoms with van der Waals surface area (Å²) in [6.45, 7) is 8.53. The number of thiophene rings is 1.